The lowest BCUT2D eigenvalue weighted by Crippen LogP contribution is -2.27. The number of aryl methyl sites for hydroxylation is 1. The summed E-state index contributed by atoms with van der Waals surface area (Å²) in [5.74, 6) is 0.0616. The molecule has 0 saturated heterocycles. The number of rotatable bonds is 5. The van der Waals surface area contributed by atoms with Crippen molar-refractivity contribution < 1.29 is 10.2 Å². The fourth-order valence-electron chi connectivity index (χ4n) is 2.51. The molecule has 0 radical (unpaired) electrons. The van der Waals surface area contributed by atoms with Crippen molar-refractivity contribution in [3.63, 3.8) is 0 Å². The van der Waals surface area contributed by atoms with E-state index in [9.17, 15) is 15.0 Å². The Balaban J connectivity index is 0.00000243. The maximum Gasteiger partial charge on any atom is 0.283 e. The largest absolute Gasteiger partial charge is 0.390 e. The number of hydrogen-bond donors (Lipinski definition) is 3. The van der Waals surface area contributed by atoms with E-state index in [1.54, 1.807) is 0 Å². The molecule has 0 amide bonds. The maximum absolute atomic E-state index is 12.7. The quantitative estimate of drug-likeness (QED) is 0.601. The summed E-state index contributed by atoms with van der Waals surface area (Å²) in [5, 5.41) is 19.4. The van der Waals surface area contributed by atoms with E-state index in [0.29, 0.717) is 13.0 Å². The molecule has 2 heterocycles. The van der Waals surface area contributed by atoms with Gasteiger partial charge in [-0.1, -0.05) is 30.3 Å². The number of nitrogens with zero attached hydrogens (tertiary/aromatic N) is 4. The van der Waals surface area contributed by atoms with Crippen LogP contribution in [0.2, 0.25) is 0 Å². The van der Waals surface area contributed by atoms with Gasteiger partial charge in [-0.15, -0.1) is 12.4 Å². The summed E-state index contributed by atoms with van der Waals surface area (Å²) >= 11 is 0. The zero-order valence-corrected chi connectivity index (χ0v) is 14.9. The van der Waals surface area contributed by atoms with E-state index in [2.05, 4.69) is 15.0 Å². The third-order valence-corrected chi connectivity index (χ3v) is 3.94. The number of nitrogen functional groups attached to an aromatic ring is 1. The Morgan fingerprint density at radius 2 is 1.88 bits per heavy atom. The molecular formula is C17H20ClN5O3. The van der Waals surface area contributed by atoms with Crippen molar-refractivity contribution in [2.75, 3.05) is 5.73 Å². The molecule has 4 N–H and O–H groups in total. The van der Waals surface area contributed by atoms with E-state index in [1.165, 1.54) is 17.7 Å². The smallest absolute Gasteiger partial charge is 0.283 e. The summed E-state index contributed by atoms with van der Waals surface area (Å²) < 4.78 is 1.34. The predicted molar refractivity (Wildman–Crippen MR) is 100 cm³/mol. The highest BCUT2D eigenvalue weighted by Crippen LogP contribution is 2.15. The standard InChI is InChI=1S/C17H19N5O3.ClH/c1-10(23)14(24)12-9-19-15-13(20-12)16(25)22(17(18)21-15)8-7-11-5-3-2-4-6-11;/h2-6,9-10,14,23-24H,7-8H2,1H3,(H2,18,19,21);1H. The van der Waals surface area contributed by atoms with Crippen molar-refractivity contribution in [3.05, 3.63) is 58.1 Å². The molecule has 3 aromatic rings. The molecule has 8 nitrogen and oxygen atoms in total. The average molecular weight is 378 g/mol. The average Bonchev–Trinajstić information content (AvgIpc) is 2.61. The Hall–Kier alpha value is -2.55. The van der Waals surface area contributed by atoms with Gasteiger partial charge in [0.2, 0.25) is 5.95 Å². The first kappa shape index (κ1) is 19.8. The highest BCUT2D eigenvalue weighted by atomic mass is 35.5. The predicted octanol–water partition coefficient (Wildman–Crippen LogP) is 0.847. The molecule has 0 aliphatic rings. The number of aromatic nitrogens is 4. The fraction of sp³-hybridized carbons (Fsp3) is 0.294. The van der Waals surface area contributed by atoms with E-state index >= 15 is 0 Å². The maximum atomic E-state index is 12.7. The van der Waals surface area contributed by atoms with Crippen LogP contribution in [0.3, 0.4) is 0 Å². The van der Waals surface area contributed by atoms with Gasteiger partial charge in [0.1, 0.15) is 6.10 Å². The summed E-state index contributed by atoms with van der Waals surface area (Å²) in [7, 11) is 0. The Morgan fingerprint density at radius 3 is 2.54 bits per heavy atom. The molecular weight excluding hydrogens is 358 g/mol. The van der Waals surface area contributed by atoms with Gasteiger partial charge < -0.3 is 15.9 Å². The monoisotopic (exact) mass is 377 g/mol. The van der Waals surface area contributed by atoms with Crippen LogP contribution in [0, 0.1) is 0 Å². The number of benzene rings is 1. The molecule has 0 bridgehead atoms. The zero-order chi connectivity index (χ0) is 18.0. The first-order chi connectivity index (χ1) is 12.0. The van der Waals surface area contributed by atoms with Gasteiger partial charge in [0.15, 0.2) is 11.2 Å². The van der Waals surface area contributed by atoms with Gasteiger partial charge in [0.05, 0.1) is 18.0 Å². The number of fused-ring (bicyclic) bond motifs is 1. The van der Waals surface area contributed by atoms with Crippen LogP contribution >= 0.6 is 12.4 Å². The molecule has 0 spiro atoms. The summed E-state index contributed by atoms with van der Waals surface area (Å²) in [6.45, 7) is 1.78. The lowest BCUT2D eigenvalue weighted by Gasteiger charge is -2.14. The Kier molecular flexibility index (Phi) is 6.25. The molecule has 0 aliphatic carbocycles. The molecule has 9 heteroatoms. The van der Waals surface area contributed by atoms with Crippen LogP contribution in [0.4, 0.5) is 5.95 Å². The Morgan fingerprint density at radius 1 is 1.19 bits per heavy atom. The molecule has 0 aliphatic heterocycles. The molecule has 0 saturated carbocycles. The van der Waals surface area contributed by atoms with Crippen molar-refractivity contribution in [2.45, 2.75) is 32.1 Å². The van der Waals surface area contributed by atoms with E-state index in [0.717, 1.165) is 5.56 Å². The minimum absolute atomic E-state index is 0. The molecule has 2 atom stereocenters. The Labute approximate surface area is 155 Å². The van der Waals surface area contributed by atoms with Gasteiger partial charge >= 0.3 is 0 Å². The van der Waals surface area contributed by atoms with E-state index < -0.39 is 17.8 Å². The number of nitrogens with two attached hydrogens (primary N) is 1. The van der Waals surface area contributed by atoms with Crippen LogP contribution in [0.15, 0.2) is 41.3 Å². The highest BCUT2D eigenvalue weighted by molar-refractivity contribution is 5.85. The molecule has 2 unspecified atom stereocenters. The number of aliphatic hydroxyl groups excluding tert-OH is 2. The molecule has 26 heavy (non-hydrogen) atoms. The first-order valence-electron chi connectivity index (χ1n) is 7.90. The summed E-state index contributed by atoms with van der Waals surface area (Å²) in [6.07, 6.45) is -0.373. The second-order valence-electron chi connectivity index (χ2n) is 5.81. The summed E-state index contributed by atoms with van der Waals surface area (Å²) in [4.78, 5) is 25.0. The van der Waals surface area contributed by atoms with Gasteiger partial charge in [-0.3, -0.25) is 9.36 Å². The van der Waals surface area contributed by atoms with Gasteiger partial charge in [-0.2, -0.15) is 4.98 Å². The van der Waals surface area contributed by atoms with Crippen molar-refractivity contribution >= 4 is 29.5 Å². The lowest BCUT2D eigenvalue weighted by atomic mass is 10.1. The SMILES string of the molecule is CC(O)C(O)c1cnc2nc(N)n(CCc3ccccc3)c(=O)c2n1.Cl. The van der Waals surface area contributed by atoms with Crippen LogP contribution in [-0.2, 0) is 13.0 Å². The van der Waals surface area contributed by atoms with Crippen molar-refractivity contribution in [3.8, 4) is 0 Å². The number of halogens is 1. The minimum Gasteiger partial charge on any atom is -0.390 e. The first-order valence-corrected chi connectivity index (χ1v) is 7.90. The summed E-state index contributed by atoms with van der Waals surface area (Å²) in [6, 6.07) is 9.70. The van der Waals surface area contributed by atoms with Crippen LogP contribution < -0.4 is 11.3 Å². The Bertz CT molecular complexity index is 946. The molecule has 3 rings (SSSR count). The lowest BCUT2D eigenvalue weighted by molar-refractivity contribution is 0.0278. The van der Waals surface area contributed by atoms with Crippen molar-refractivity contribution in [2.24, 2.45) is 0 Å². The van der Waals surface area contributed by atoms with Crippen LogP contribution in [0.25, 0.3) is 11.2 Å². The van der Waals surface area contributed by atoms with Crippen LogP contribution in [0.1, 0.15) is 24.3 Å². The summed E-state index contributed by atoms with van der Waals surface area (Å²) in [5.41, 5.74) is 6.77. The fourth-order valence-corrected chi connectivity index (χ4v) is 2.51. The molecule has 138 valence electrons. The van der Waals surface area contributed by atoms with E-state index in [1.807, 2.05) is 30.3 Å². The number of anilines is 1. The highest BCUT2D eigenvalue weighted by Gasteiger charge is 2.18. The second kappa shape index (κ2) is 8.22. The topological polar surface area (TPSA) is 127 Å². The van der Waals surface area contributed by atoms with Crippen molar-refractivity contribution in [1.29, 1.82) is 0 Å². The second-order valence-corrected chi connectivity index (χ2v) is 5.81. The van der Waals surface area contributed by atoms with Gasteiger partial charge in [0.25, 0.3) is 5.56 Å². The normalized spacial score (nSPS) is 13.2. The van der Waals surface area contributed by atoms with Crippen molar-refractivity contribution in [1.82, 2.24) is 19.5 Å². The zero-order valence-electron chi connectivity index (χ0n) is 14.1. The minimum atomic E-state index is -1.23. The van der Waals surface area contributed by atoms with Gasteiger partial charge in [-0.25, -0.2) is 9.97 Å². The molecule has 1 aromatic carbocycles. The van der Waals surface area contributed by atoms with Gasteiger partial charge in [-0.05, 0) is 18.9 Å². The third kappa shape index (κ3) is 3.98. The van der Waals surface area contributed by atoms with E-state index in [-0.39, 0.29) is 35.2 Å². The molecule has 0 fully saturated rings. The number of hydrogen-bond acceptors (Lipinski definition) is 7. The van der Waals surface area contributed by atoms with E-state index in [4.69, 9.17) is 5.73 Å². The number of aliphatic hydroxyl groups is 2. The van der Waals surface area contributed by atoms with Gasteiger partial charge in [0, 0.05) is 6.54 Å². The molecule has 2 aromatic heterocycles. The van der Waals surface area contributed by atoms with Crippen LogP contribution in [-0.4, -0.2) is 35.8 Å². The van der Waals surface area contributed by atoms with Crippen LogP contribution in [0.5, 0.6) is 0 Å². The third-order valence-electron chi connectivity index (χ3n) is 3.94.